The van der Waals surface area contributed by atoms with E-state index in [1.54, 1.807) is 25.3 Å². The smallest absolute Gasteiger partial charge is 0.280 e. The first-order chi connectivity index (χ1) is 17.7. The van der Waals surface area contributed by atoms with Crippen molar-refractivity contribution in [3.05, 3.63) is 120 Å². The number of hydrogen-bond donors (Lipinski definition) is 1. The summed E-state index contributed by atoms with van der Waals surface area (Å²) < 4.78 is 11.6. The van der Waals surface area contributed by atoms with E-state index in [1.165, 1.54) is 0 Å². The number of hydrogen-bond acceptors (Lipinski definition) is 4. The van der Waals surface area contributed by atoms with Crippen LogP contribution in [0.3, 0.4) is 0 Å². The second-order valence-electron chi connectivity index (χ2n) is 8.47. The van der Waals surface area contributed by atoms with Crippen molar-refractivity contribution in [2.75, 3.05) is 0 Å². The van der Waals surface area contributed by atoms with E-state index >= 15 is 0 Å². The number of amides is 1. The highest BCUT2D eigenvalue weighted by Crippen LogP contribution is 2.27. The van der Waals surface area contributed by atoms with Gasteiger partial charge in [-0.25, -0.2) is 5.43 Å². The molecule has 0 bridgehead atoms. The van der Waals surface area contributed by atoms with Crippen LogP contribution in [0.1, 0.15) is 18.1 Å². The van der Waals surface area contributed by atoms with Crippen LogP contribution in [0.2, 0.25) is 0 Å². The van der Waals surface area contributed by atoms with Gasteiger partial charge in [0.25, 0.3) is 5.91 Å². The largest absolute Gasteiger partial charge is 0.489 e. The van der Waals surface area contributed by atoms with Gasteiger partial charge in [-0.2, -0.15) is 5.10 Å². The first-order valence-electron chi connectivity index (χ1n) is 11.8. The van der Waals surface area contributed by atoms with Gasteiger partial charge < -0.3 is 9.47 Å². The fraction of sp³-hybridized carbons (Fsp3) is 0.0968. The molecule has 36 heavy (non-hydrogen) atoms. The van der Waals surface area contributed by atoms with Gasteiger partial charge >= 0.3 is 0 Å². The Morgan fingerprint density at radius 1 is 0.806 bits per heavy atom. The maximum Gasteiger partial charge on any atom is 0.280 e. The monoisotopic (exact) mass is 474 g/mol. The Morgan fingerprint density at radius 2 is 1.39 bits per heavy atom. The van der Waals surface area contributed by atoms with Gasteiger partial charge in [-0.1, -0.05) is 78.9 Å². The summed E-state index contributed by atoms with van der Waals surface area (Å²) in [7, 11) is 0. The van der Waals surface area contributed by atoms with Crippen molar-refractivity contribution in [2.24, 2.45) is 5.10 Å². The molecule has 5 aromatic carbocycles. The van der Waals surface area contributed by atoms with Crippen LogP contribution >= 0.6 is 0 Å². The summed E-state index contributed by atoms with van der Waals surface area (Å²) in [4.78, 5) is 12.6. The van der Waals surface area contributed by atoms with Crippen LogP contribution in [0.25, 0.3) is 21.5 Å². The third-order valence-corrected chi connectivity index (χ3v) is 5.94. The molecule has 0 aliphatic rings. The molecule has 0 aliphatic heterocycles. The van der Waals surface area contributed by atoms with Crippen molar-refractivity contribution < 1.29 is 14.3 Å². The van der Waals surface area contributed by atoms with Gasteiger partial charge in [-0.15, -0.1) is 0 Å². The number of carbonyl (C=O) groups is 1. The molecule has 0 spiro atoms. The molecular formula is C31H26N2O3. The van der Waals surface area contributed by atoms with E-state index in [2.05, 4.69) is 40.9 Å². The van der Waals surface area contributed by atoms with Gasteiger partial charge in [0, 0.05) is 5.56 Å². The molecule has 0 radical (unpaired) electrons. The summed E-state index contributed by atoms with van der Waals surface area (Å²) in [6.07, 6.45) is 0.983. The molecule has 5 nitrogen and oxygen atoms in total. The topological polar surface area (TPSA) is 59.9 Å². The van der Waals surface area contributed by atoms with E-state index in [9.17, 15) is 4.79 Å². The zero-order valence-electron chi connectivity index (χ0n) is 19.9. The molecule has 1 amide bonds. The summed E-state index contributed by atoms with van der Waals surface area (Å²) in [5, 5.41) is 8.65. The number of fused-ring (bicyclic) bond motifs is 2. The summed E-state index contributed by atoms with van der Waals surface area (Å²) in [5.41, 5.74) is 4.67. The van der Waals surface area contributed by atoms with Crippen molar-refractivity contribution in [2.45, 2.75) is 19.6 Å². The van der Waals surface area contributed by atoms with Gasteiger partial charge in [-0.05, 0) is 64.4 Å². The molecule has 0 saturated carbocycles. The molecule has 1 N–H and O–H groups in total. The maximum absolute atomic E-state index is 12.6. The third-order valence-electron chi connectivity index (χ3n) is 5.94. The highest BCUT2D eigenvalue weighted by Gasteiger charge is 2.14. The van der Waals surface area contributed by atoms with Gasteiger partial charge in [0.2, 0.25) is 0 Å². The molecular weight excluding hydrogens is 448 g/mol. The van der Waals surface area contributed by atoms with E-state index in [1.807, 2.05) is 66.7 Å². The third kappa shape index (κ3) is 5.36. The molecule has 1 unspecified atom stereocenters. The van der Waals surface area contributed by atoms with E-state index in [0.29, 0.717) is 12.4 Å². The molecule has 0 fully saturated rings. The first-order valence-corrected chi connectivity index (χ1v) is 11.8. The Bertz CT molecular complexity index is 1460. The van der Waals surface area contributed by atoms with E-state index in [0.717, 1.165) is 38.4 Å². The van der Waals surface area contributed by atoms with Crippen molar-refractivity contribution in [1.29, 1.82) is 0 Å². The fourth-order valence-electron chi connectivity index (χ4n) is 4.05. The lowest BCUT2D eigenvalue weighted by molar-refractivity contribution is -0.127. The molecule has 0 heterocycles. The number of hydrazone groups is 1. The summed E-state index contributed by atoms with van der Waals surface area (Å²) in [6, 6.07) is 35.7. The van der Waals surface area contributed by atoms with Crippen molar-refractivity contribution in [3.8, 4) is 11.5 Å². The van der Waals surface area contributed by atoms with Crippen molar-refractivity contribution >= 4 is 33.7 Å². The SMILES string of the molecule is CC(Oc1ccc(OCc2ccccc2)cc1)C(=O)NN=Cc1c2ccccc2cc2ccccc12. The first kappa shape index (κ1) is 23.1. The Hall–Kier alpha value is -4.64. The van der Waals surface area contributed by atoms with E-state index in [4.69, 9.17) is 9.47 Å². The fourth-order valence-corrected chi connectivity index (χ4v) is 4.05. The molecule has 0 saturated heterocycles. The van der Waals surface area contributed by atoms with Crippen LogP contribution < -0.4 is 14.9 Å². The second-order valence-corrected chi connectivity index (χ2v) is 8.47. The Labute approximate surface area is 210 Å². The minimum Gasteiger partial charge on any atom is -0.489 e. The Kier molecular flexibility index (Phi) is 6.90. The lowest BCUT2D eigenvalue weighted by Gasteiger charge is -2.14. The number of benzene rings is 5. The number of carbonyl (C=O) groups excluding carboxylic acids is 1. The molecule has 0 aliphatic carbocycles. The lowest BCUT2D eigenvalue weighted by Crippen LogP contribution is -2.33. The Morgan fingerprint density at radius 3 is 2.06 bits per heavy atom. The van der Waals surface area contributed by atoms with Gasteiger partial charge in [0.1, 0.15) is 18.1 Å². The molecule has 1 atom stereocenters. The van der Waals surface area contributed by atoms with Gasteiger partial charge in [0.05, 0.1) is 6.21 Å². The predicted molar refractivity (Wildman–Crippen MR) is 144 cm³/mol. The highest BCUT2D eigenvalue weighted by molar-refractivity contribution is 6.13. The van der Waals surface area contributed by atoms with E-state index in [-0.39, 0.29) is 5.91 Å². The Balaban J connectivity index is 1.21. The van der Waals surface area contributed by atoms with Crippen molar-refractivity contribution in [1.82, 2.24) is 5.43 Å². The lowest BCUT2D eigenvalue weighted by atomic mass is 9.97. The summed E-state index contributed by atoms with van der Waals surface area (Å²) in [5.74, 6) is 0.976. The van der Waals surface area contributed by atoms with Gasteiger partial charge in [-0.3, -0.25) is 4.79 Å². The molecule has 5 aromatic rings. The standard InChI is InChI=1S/C31H26N2O3/c1-22(36-27-17-15-26(16-18-27)35-21-23-9-3-2-4-10-23)31(34)33-32-20-30-28-13-7-5-11-24(28)19-25-12-6-8-14-29(25)30/h2-20,22H,21H2,1H3,(H,33,34). The van der Waals surface area contributed by atoms with Crippen LogP contribution in [0.4, 0.5) is 0 Å². The van der Waals surface area contributed by atoms with Crippen LogP contribution in [0, 0.1) is 0 Å². The predicted octanol–water partition coefficient (Wildman–Crippen LogP) is 6.49. The number of nitrogens with one attached hydrogen (secondary N) is 1. The molecule has 5 rings (SSSR count). The zero-order chi connectivity index (χ0) is 24.7. The number of rotatable bonds is 8. The highest BCUT2D eigenvalue weighted by atomic mass is 16.5. The number of nitrogens with zero attached hydrogens (tertiary/aromatic N) is 1. The van der Waals surface area contributed by atoms with Crippen LogP contribution in [0.5, 0.6) is 11.5 Å². The minimum absolute atomic E-state index is 0.333. The zero-order valence-corrected chi connectivity index (χ0v) is 19.9. The van der Waals surface area contributed by atoms with Gasteiger partial charge in [0.15, 0.2) is 6.10 Å². The average molecular weight is 475 g/mol. The molecule has 0 aromatic heterocycles. The summed E-state index contributed by atoms with van der Waals surface area (Å²) >= 11 is 0. The molecule has 178 valence electrons. The normalized spacial score (nSPS) is 12.0. The maximum atomic E-state index is 12.6. The second kappa shape index (κ2) is 10.7. The number of ether oxygens (including phenoxy) is 2. The average Bonchev–Trinajstić information content (AvgIpc) is 2.92. The van der Waals surface area contributed by atoms with E-state index < -0.39 is 6.10 Å². The van der Waals surface area contributed by atoms with Crippen LogP contribution in [-0.2, 0) is 11.4 Å². The van der Waals surface area contributed by atoms with Crippen LogP contribution in [-0.4, -0.2) is 18.2 Å². The van der Waals surface area contributed by atoms with Crippen LogP contribution in [0.15, 0.2) is 114 Å². The quantitative estimate of drug-likeness (QED) is 0.159. The minimum atomic E-state index is -0.720. The molecule has 5 heteroatoms. The van der Waals surface area contributed by atoms with Crippen molar-refractivity contribution in [3.63, 3.8) is 0 Å². The summed E-state index contributed by atoms with van der Waals surface area (Å²) in [6.45, 7) is 2.18.